The predicted octanol–water partition coefficient (Wildman–Crippen LogP) is 3.23. The standard InChI is InChI=1S/C15H19N3O3/c1-10(2)14(9-21-3)17-13-4-5-15(18(19)20)12-8-16-7-6-11(12)13/h4-8,10,14,17H,9H2,1-3H3. The Morgan fingerprint density at radius 2 is 2.10 bits per heavy atom. The van der Waals surface area contributed by atoms with E-state index in [0.29, 0.717) is 17.9 Å². The normalized spacial score (nSPS) is 12.6. The fourth-order valence-electron chi connectivity index (χ4n) is 2.24. The number of hydrogen-bond acceptors (Lipinski definition) is 5. The second kappa shape index (κ2) is 6.49. The van der Waals surface area contributed by atoms with E-state index in [1.807, 2.05) is 0 Å². The molecule has 21 heavy (non-hydrogen) atoms. The Kier molecular flexibility index (Phi) is 4.70. The first-order valence-electron chi connectivity index (χ1n) is 6.81. The highest BCUT2D eigenvalue weighted by molar-refractivity contribution is 5.99. The van der Waals surface area contributed by atoms with Gasteiger partial charge in [-0.3, -0.25) is 15.1 Å². The van der Waals surface area contributed by atoms with Crippen molar-refractivity contribution in [1.29, 1.82) is 0 Å². The highest BCUT2D eigenvalue weighted by atomic mass is 16.6. The average Bonchev–Trinajstić information content (AvgIpc) is 2.46. The van der Waals surface area contributed by atoms with E-state index in [1.54, 1.807) is 25.4 Å². The van der Waals surface area contributed by atoms with E-state index in [0.717, 1.165) is 11.1 Å². The van der Waals surface area contributed by atoms with Crippen molar-refractivity contribution >= 4 is 22.1 Å². The van der Waals surface area contributed by atoms with Gasteiger partial charge in [-0.15, -0.1) is 0 Å². The Hall–Kier alpha value is -2.21. The molecule has 0 amide bonds. The number of nitro groups is 1. The summed E-state index contributed by atoms with van der Waals surface area (Å²) in [5.74, 6) is 0.372. The van der Waals surface area contributed by atoms with E-state index < -0.39 is 0 Å². The highest BCUT2D eigenvalue weighted by Crippen LogP contribution is 2.31. The second-order valence-electron chi connectivity index (χ2n) is 5.26. The van der Waals surface area contributed by atoms with Crippen LogP contribution in [0.3, 0.4) is 0 Å². The number of methoxy groups -OCH3 is 1. The van der Waals surface area contributed by atoms with E-state index >= 15 is 0 Å². The third-order valence-electron chi connectivity index (χ3n) is 3.48. The molecule has 1 atom stereocenters. The summed E-state index contributed by atoms with van der Waals surface area (Å²) >= 11 is 0. The highest BCUT2D eigenvalue weighted by Gasteiger charge is 2.18. The minimum Gasteiger partial charge on any atom is -0.383 e. The molecule has 1 aromatic heterocycles. The first kappa shape index (κ1) is 15.2. The quantitative estimate of drug-likeness (QED) is 0.652. The number of rotatable bonds is 6. The van der Waals surface area contributed by atoms with E-state index in [4.69, 9.17) is 4.74 Å². The van der Waals surface area contributed by atoms with Crippen molar-refractivity contribution in [1.82, 2.24) is 4.98 Å². The first-order chi connectivity index (χ1) is 10.0. The summed E-state index contributed by atoms with van der Waals surface area (Å²) in [5.41, 5.74) is 0.922. The van der Waals surface area contributed by atoms with E-state index in [2.05, 4.69) is 24.1 Å². The number of nitrogens with one attached hydrogen (secondary N) is 1. The van der Waals surface area contributed by atoms with Crippen molar-refractivity contribution in [3.8, 4) is 0 Å². The van der Waals surface area contributed by atoms with Crippen molar-refractivity contribution in [3.63, 3.8) is 0 Å². The van der Waals surface area contributed by atoms with Crippen LogP contribution in [-0.2, 0) is 4.74 Å². The molecular weight excluding hydrogens is 270 g/mol. The lowest BCUT2D eigenvalue weighted by molar-refractivity contribution is -0.383. The third-order valence-corrected chi connectivity index (χ3v) is 3.48. The minimum absolute atomic E-state index is 0.0662. The number of nitrogens with zero attached hydrogens (tertiary/aromatic N) is 2. The maximum Gasteiger partial charge on any atom is 0.278 e. The largest absolute Gasteiger partial charge is 0.383 e. The molecule has 0 aliphatic rings. The number of benzene rings is 1. The Labute approximate surface area is 123 Å². The van der Waals surface area contributed by atoms with E-state index in [1.165, 1.54) is 12.3 Å². The maximum absolute atomic E-state index is 11.1. The molecule has 0 bridgehead atoms. The fraction of sp³-hybridized carbons (Fsp3) is 0.400. The van der Waals surface area contributed by atoms with Crippen LogP contribution < -0.4 is 5.32 Å². The van der Waals surface area contributed by atoms with Crippen molar-refractivity contribution < 1.29 is 9.66 Å². The molecule has 1 aromatic carbocycles. The van der Waals surface area contributed by atoms with Gasteiger partial charge in [-0.25, -0.2) is 0 Å². The number of fused-ring (bicyclic) bond motifs is 1. The van der Waals surface area contributed by atoms with Crippen molar-refractivity contribution in [2.24, 2.45) is 5.92 Å². The summed E-state index contributed by atoms with van der Waals surface area (Å²) < 4.78 is 5.23. The van der Waals surface area contributed by atoms with Crippen LogP contribution in [0.15, 0.2) is 30.6 Å². The van der Waals surface area contributed by atoms with Gasteiger partial charge in [0.1, 0.15) is 0 Å². The summed E-state index contributed by atoms with van der Waals surface area (Å²) in [4.78, 5) is 14.7. The van der Waals surface area contributed by atoms with Crippen molar-refractivity contribution in [2.75, 3.05) is 19.0 Å². The maximum atomic E-state index is 11.1. The number of pyridine rings is 1. The predicted molar refractivity (Wildman–Crippen MR) is 82.5 cm³/mol. The number of hydrogen-bond donors (Lipinski definition) is 1. The molecule has 2 rings (SSSR count). The van der Waals surface area contributed by atoms with Crippen LogP contribution in [0.2, 0.25) is 0 Å². The van der Waals surface area contributed by atoms with Gasteiger partial charge in [0.05, 0.1) is 23.0 Å². The Morgan fingerprint density at radius 1 is 1.33 bits per heavy atom. The van der Waals surface area contributed by atoms with Crippen LogP contribution in [0.25, 0.3) is 10.8 Å². The van der Waals surface area contributed by atoms with Gasteiger partial charge in [-0.2, -0.15) is 0 Å². The zero-order chi connectivity index (χ0) is 15.4. The zero-order valence-corrected chi connectivity index (χ0v) is 12.4. The van der Waals surface area contributed by atoms with Crippen LogP contribution in [0.4, 0.5) is 11.4 Å². The number of ether oxygens (including phenoxy) is 1. The van der Waals surface area contributed by atoms with Gasteiger partial charge in [0.25, 0.3) is 5.69 Å². The molecule has 0 saturated heterocycles. The molecule has 2 aromatic rings. The van der Waals surface area contributed by atoms with Gasteiger partial charge < -0.3 is 10.1 Å². The van der Waals surface area contributed by atoms with Crippen LogP contribution in [0.1, 0.15) is 13.8 Å². The van der Waals surface area contributed by atoms with E-state index in [-0.39, 0.29) is 16.7 Å². The smallest absolute Gasteiger partial charge is 0.278 e. The third kappa shape index (κ3) is 3.28. The molecular formula is C15H19N3O3. The lowest BCUT2D eigenvalue weighted by Gasteiger charge is -2.23. The molecule has 1 heterocycles. The Morgan fingerprint density at radius 3 is 2.71 bits per heavy atom. The lowest BCUT2D eigenvalue weighted by atomic mass is 10.0. The van der Waals surface area contributed by atoms with Gasteiger partial charge in [0.2, 0.25) is 0 Å². The monoisotopic (exact) mass is 289 g/mol. The van der Waals surface area contributed by atoms with Crippen LogP contribution in [0.5, 0.6) is 0 Å². The molecule has 0 saturated carbocycles. The molecule has 0 aliphatic heterocycles. The summed E-state index contributed by atoms with van der Waals surface area (Å²) in [6.07, 6.45) is 3.16. The van der Waals surface area contributed by atoms with Crippen LogP contribution >= 0.6 is 0 Å². The molecule has 1 N–H and O–H groups in total. The van der Waals surface area contributed by atoms with Crippen LogP contribution in [0, 0.1) is 16.0 Å². The van der Waals surface area contributed by atoms with Gasteiger partial charge >= 0.3 is 0 Å². The zero-order valence-electron chi connectivity index (χ0n) is 12.4. The number of aromatic nitrogens is 1. The van der Waals surface area contributed by atoms with Crippen molar-refractivity contribution in [3.05, 3.63) is 40.7 Å². The Balaban J connectivity index is 2.46. The minimum atomic E-state index is -0.386. The molecule has 0 aliphatic carbocycles. The molecule has 6 nitrogen and oxygen atoms in total. The van der Waals surface area contributed by atoms with E-state index in [9.17, 15) is 10.1 Å². The first-order valence-corrected chi connectivity index (χ1v) is 6.81. The molecule has 112 valence electrons. The molecule has 0 spiro atoms. The lowest BCUT2D eigenvalue weighted by Crippen LogP contribution is -2.30. The molecule has 1 unspecified atom stereocenters. The molecule has 0 radical (unpaired) electrons. The summed E-state index contributed by atoms with van der Waals surface area (Å²) in [5, 5.41) is 15.8. The molecule has 0 fully saturated rings. The summed E-state index contributed by atoms with van der Waals surface area (Å²) in [6, 6.07) is 5.17. The summed E-state index contributed by atoms with van der Waals surface area (Å²) in [6.45, 7) is 4.78. The number of anilines is 1. The van der Waals surface area contributed by atoms with Gasteiger partial charge in [0.15, 0.2) is 0 Å². The SMILES string of the molecule is COCC(Nc1ccc([N+](=O)[O-])c2cnccc12)C(C)C. The van der Waals surface area contributed by atoms with Crippen molar-refractivity contribution in [2.45, 2.75) is 19.9 Å². The summed E-state index contributed by atoms with van der Waals surface area (Å²) in [7, 11) is 1.66. The Bertz CT molecular complexity index is 643. The molecule has 6 heteroatoms. The number of nitro benzene ring substituents is 1. The van der Waals surface area contributed by atoms with Gasteiger partial charge in [-0.1, -0.05) is 13.8 Å². The number of non-ortho nitro benzene ring substituents is 1. The van der Waals surface area contributed by atoms with Crippen LogP contribution in [-0.4, -0.2) is 29.7 Å². The second-order valence-corrected chi connectivity index (χ2v) is 5.26. The fourth-order valence-corrected chi connectivity index (χ4v) is 2.24. The van der Waals surface area contributed by atoms with Gasteiger partial charge in [0, 0.05) is 36.6 Å². The topological polar surface area (TPSA) is 77.3 Å². The van der Waals surface area contributed by atoms with Gasteiger partial charge in [-0.05, 0) is 18.1 Å². The average molecular weight is 289 g/mol.